The van der Waals surface area contributed by atoms with Crippen molar-refractivity contribution >= 4 is 17.5 Å². The SMILES string of the molecule is CNc1ncc([N+](=O)[O-])c(N2CCC(CCO)C2)n1. The zero-order chi connectivity index (χ0) is 13.8. The van der Waals surface area contributed by atoms with Gasteiger partial charge in [-0.05, 0) is 18.8 Å². The van der Waals surface area contributed by atoms with E-state index in [9.17, 15) is 10.1 Å². The molecule has 1 fully saturated rings. The Morgan fingerprint density at radius 3 is 3.11 bits per heavy atom. The minimum atomic E-state index is -0.464. The highest BCUT2D eigenvalue weighted by Crippen LogP contribution is 2.31. The van der Waals surface area contributed by atoms with E-state index in [1.165, 1.54) is 6.20 Å². The van der Waals surface area contributed by atoms with Crippen molar-refractivity contribution in [1.29, 1.82) is 0 Å². The number of aliphatic hydroxyl groups excluding tert-OH is 1. The van der Waals surface area contributed by atoms with Gasteiger partial charge in [-0.3, -0.25) is 10.1 Å². The van der Waals surface area contributed by atoms with E-state index < -0.39 is 4.92 Å². The minimum Gasteiger partial charge on any atom is -0.396 e. The van der Waals surface area contributed by atoms with Gasteiger partial charge in [0.1, 0.15) is 6.20 Å². The topological polar surface area (TPSA) is 104 Å². The van der Waals surface area contributed by atoms with Crippen molar-refractivity contribution in [3.05, 3.63) is 16.3 Å². The number of rotatable bonds is 5. The van der Waals surface area contributed by atoms with Gasteiger partial charge >= 0.3 is 5.69 Å². The molecule has 104 valence electrons. The number of nitrogens with one attached hydrogen (secondary N) is 1. The molecule has 1 aromatic heterocycles. The zero-order valence-corrected chi connectivity index (χ0v) is 10.7. The highest BCUT2D eigenvalue weighted by Gasteiger charge is 2.29. The van der Waals surface area contributed by atoms with Crippen molar-refractivity contribution in [1.82, 2.24) is 9.97 Å². The van der Waals surface area contributed by atoms with Crippen molar-refractivity contribution in [3.8, 4) is 0 Å². The Bertz CT molecular complexity index is 468. The smallest absolute Gasteiger partial charge is 0.329 e. The molecule has 0 aliphatic carbocycles. The molecule has 0 radical (unpaired) electrons. The van der Waals surface area contributed by atoms with Gasteiger partial charge in [-0.2, -0.15) is 4.98 Å². The van der Waals surface area contributed by atoms with E-state index >= 15 is 0 Å². The number of nitrogens with zero attached hydrogens (tertiary/aromatic N) is 4. The molecule has 2 heterocycles. The largest absolute Gasteiger partial charge is 0.396 e. The summed E-state index contributed by atoms with van der Waals surface area (Å²) in [6.45, 7) is 1.54. The van der Waals surface area contributed by atoms with Gasteiger partial charge < -0.3 is 15.3 Å². The van der Waals surface area contributed by atoms with Crippen LogP contribution in [0.25, 0.3) is 0 Å². The average molecular weight is 267 g/mol. The molecule has 2 N–H and O–H groups in total. The maximum absolute atomic E-state index is 11.0. The summed E-state index contributed by atoms with van der Waals surface area (Å²) >= 11 is 0. The van der Waals surface area contributed by atoms with Crippen LogP contribution < -0.4 is 10.2 Å². The first-order valence-corrected chi connectivity index (χ1v) is 6.20. The van der Waals surface area contributed by atoms with Crippen LogP contribution in [0.15, 0.2) is 6.20 Å². The molecule has 2 rings (SSSR count). The first-order chi connectivity index (χ1) is 9.15. The van der Waals surface area contributed by atoms with E-state index in [-0.39, 0.29) is 12.3 Å². The molecule has 19 heavy (non-hydrogen) atoms. The monoisotopic (exact) mass is 267 g/mol. The Morgan fingerprint density at radius 2 is 2.47 bits per heavy atom. The van der Waals surface area contributed by atoms with E-state index in [4.69, 9.17) is 5.11 Å². The maximum Gasteiger partial charge on any atom is 0.329 e. The third kappa shape index (κ3) is 2.90. The van der Waals surface area contributed by atoms with Crippen LogP contribution in [0.1, 0.15) is 12.8 Å². The summed E-state index contributed by atoms with van der Waals surface area (Å²) in [4.78, 5) is 20.5. The lowest BCUT2D eigenvalue weighted by Gasteiger charge is -2.17. The normalized spacial score (nSPS) is 18.6. The van der Waals surface area contributed by atoms with E-state index in [1.807, 2.05) is 4.90 Å². The predicted molar refractivity (Wildman–Crippen MR) is 70.3 cm³/mol. The molecule has 0 bridgehead atoms. The molecule has 8 heteroatoms. The van der Waals surface area contributed by atoms with Crippen molar-refractivity contribution in [2.75, 3.05) is 37.0 Å². The van der Waals surface area contributed by atoms with Crippen LogP contribution in [0.2, 0.25) is 0 Å². The van der Waals surface area contributed by atoms with Crippen LogP contribution in [-0.4, -0.2) is 46.7 Å². The van der Waals surface area contributed by atoms with Gasteiger partial charge in [0.25, 0.3) is 0 Å². The molecule has 1 unspecified atom stereocenters. The molecule has 0 spiro atoms. The molecule has 0 amide bonds. The summed E-state index contributed by atoms with van der Waals surface area (Å²) in [5, 5.41) is 22.8. The molecule has 0 saturated carbocycles. The van der Waals surface area contributed by atoms with Crippen molar-refractivity contribution in [2.24, 2.45) is 5.92 Å². The summed E-state index contributed by atoms with van der Waals surface area (Å²) in [7, 11) is 1.67. The number of aromatic nitrogens is 2. The minimum absolute atomic E-state index is 0.0800. The number of anilines is 2. The lowest BCUT2D eigenvalue weighted by atomic mass is 10.1. The van der Waals surface area contributed by atoms with Gasteiger partial charge in [-0.25, -0.2) is 4.98 Å². The molecule has 1 saturated heterocycles. The van der Waals surface area contributed by atoms with E-state index in [1.54, 1.807) is 7.05 Å². The highest BCUT2D eigenvalue weighted by atomic mass is 16.6. The third-order valence-corrected chi connectivity index (χ3v) is 3.29. The fourth-order valence-electron chi connectivity index (χ4n) is 2.29. The second-order valence-corrected chi connectivity index (χ2v) is 4.52. The standard InChI is InChI=1S/C11H17N5O3/c1-12-11-13-6-9(16(18)19)10(14-11)15-4-2-8(7-15)3-5-17/h6,8,17H,2-5,7H2,1H3,(H,12,13,14). The van der Waals surface area contributed by atoms with E-state index in [0.29, 0.717) is 37.2 Å². The van der Waals surface area contributed by atoms with Crippen molar-refractivity contribution in [2.45, 2.75) is 12.8 Å². The average Bonchev–Trinajstić information content (AvgIpc) is 2.87. The fourth-order valence-corrected chi connectivity index (χ4v) is 2.29. The van der Waals surface area contributed by atoms with Crippen LogP contribution >= 0.6 is 0 Å². The van der Waals surface area contributed by atoms with Crippen LogP contribution in [0.5, 0.6) is 0 Å². The Morgan fingerprint density at radius 1 is 1.68 bits per heavy atom. The maximum atomic E-state index is 11.0. The summed E-state index contributed by atoms with van der Waals surface area (Å²) in [5.74, 6) is 1.08. The van der Waals surface area contributed by atoms with Crippen LogP contribution in [0.3, 0.4) is 0 Å². The van der Waals surface area contributed by atoms with E-state index in [0.717, 1.165) is 6.42 Å². The summed E-state index contributed by atoms with van der Waals surface area (Å²) in [5.41, 5.74) is -0.0800. The van der Waals surface area contributed by atoms with E-state index in [2.05, 4.69) is 15.3 Å². The van der Waals surface area contributed by atoms with Gasteiger partial charge in [-0.1, -0.05) is 0 Å². The molecular formula is C11H17N5O3. The molecule has 1 aliphatic heterocycles. The Kier molecular flexibility index (Phi) is 4.10. The van der Waals surface area contributed by atoms with Gasteiger partial charge in [0.05, 0.1) is 4.92 Å². The third-order valence-electron chi connectivity index (χ3n) is 3.29. The quantitative estimate of drug-likeness (QED) is 0.595. The Hall–Kier alpha value is -1.96. The van der Waals surface area contributed by atoms with Gasteiger partial charge in [0.15, 0.2) is 0 Å². The first-order valence-electron chi connectivity index (χ1n) is 6.20. The van der Waals surface area contributed by atoms with Crippen LogP contribution in [-0.2, 0) is 0 Å². The summed E-state index contributed by atoms with van der Waals surface area (Å²) in [6, 6.07) is 0. The molecular weight excluding hydrogens is 250 g/mol. The van der Waals surface area contributed by atoms with Crippen molar-refractivity contribution < 1.29 is 10.0 Å². The zero-order valence-electron chi connectivity index (χ0n) is 10.7. The van der Waals surface area contributed by atoms with Crippen molar-refractivity contribution in [3.63, 3.8) is 0 Å². The highest BCUT2D eigenvalue weighted by molar-refractivity contribution is 5.59. The molecule has 1 atom stereocenters. The van der Waals surface area contributed by atoms with Crippen LogP contribution in [0, 0.1) is 16.0 Å². The number of aliphatic hydroxyl groups is 1. The Labute approximate surface area is 110 Å². The second-order valence-electron chi connectivity index (χ2n) is 4.52. The number of hydrogen-bond donors (Lipinski definition) is 2. The predicted octanol–water partition coefficient (Wildman–Crippen LogP) is 0.635. The van der Waals surface area contributed by atoms with Crippen LogP contribution in [0.4, 0.5) is 17.5 Å². The lowest BCUT2D eigenvalue weighted by molar-refractivity contribution is -0.384. The summed E-state index contributed by atoms with van der Waals surface area (Å²) in [6.07, 6.45) is 2.86. The second kappa shape index (κ2) is 5.79. The fraction of sp³-hybridized carbons (Fsp3) is 0.636. The Balaban J connectivity index is 2.25. The lowest BCUT2D eigenvalue weighted by Crippen LogP contribution is -2.23. The van der Waals surface area contributed by atoms with Gasteiger partial charge in [0.2, 0.25) is 11.8 Å². The number of nitro groups is 1. The molecule has 8 nitrogen and oxygen atoms in total. The first kappa shape index (κ1) is 13.5. The molecule has 1 aromatic rings. The van der Waals surface area contributed by atoms with Gasteiger partial charge in [0, 0.05) is 26.7 Å². The number of hydrogen-bond acceptors (Lipinski definition) is 7. The summed E-state index contributed by atoms with van der Waals surface area (Å²) < 4.78 is 0. The molecule has 1 aliphatic rings. The van der Waals surface area contributed by atoms with Gasteiger partial charge in [-0.15, -0.1) is 0 Å². The molecule has 0 aromatic carbocycles.